The van der Waals surface area contributed by atoms with Crippen LogP contribution in [0.2, 0.25) is 0 Å². The Kier molecular flexibility index (Phi) is 5.33. The van der Waals surface area contributed by atoms with E-state index in [0.717, 1.165) is 24.1 Å². The molecule has 0 unspecified atom stereocenters. The molecule has 4 rings (SSSR count). The predicted octanol–water partition coefficient (Wildman–Crippen LogP) is 5.51. The van der Waals surface area contributed by atoms with E-state index in [0.29, 0.717) is 5.92 Å². The lowest BCUT2D eigenvalue weighted by Gasteiger charge is -2.19. The van der Waals surface area contributed by atoms with Gasteiger partial charge < -0.3 is 0 Å². The first-order valence-electron chi connectivity index (χ1n) is 10.9. The van der Waals surface area contributed by atoms with Crippen molar-refractivity contribution in [2.45, 2.75) is 71.1 Å². The molecule has 1 fully saturated rings. The molecule has 2 aromatic carbocycles. The summed E-state index contributed by atoms with van der Waals surface area (Å²) in [6, 6.07) is 15.4. The molecule has 0 heterocycles. The highest BCUT2D eigenvalue weighted by Crippen LogP contribution is 2.47. The zero-order chi connectivity index (χ0) is 20.6. The van der Waals surface area contributed by atoms with E-state index in [1.54, 1.807) is 0 Å². The van der Waals surface area contributed by atoms with Crippen LogP contribution in [0.15, 0.2) is 47.6 Å². The molecular weight excluding hydrogens is 356 g/mol. The number of hydrazone groups is 1. The zero-order valence-corrected chi connectivity index (χ0v) is 18.1. The Morgan fingerprint density at radius 3 is 2.38 bits per heavy atom. The number of nitrogens with one attached hydrogen (secondary N) is 1. The van der Waals surface area contributed by atoms with Gasteiger partial charge in [-0.25, -0.2) is 5.43 Å². The molecule has 0 radical (unpaired) electrons. The highest BCUT2D eigenvalue weighted by molar-refractivity contribution is 5.99. The fourth-order valence-electron chi connectivity index (χ4n) is 4.33. The Bertz CT molecular complexity index is 934. The fraction of sp³-hybridized carbons (Fsp3) is 0.462. The van der Waals surface area contributed by atoms with E-state index in [-0.39, 0.29) is 17.2 Å². The largest absolute Gasteiger partial charge is 0.273 e. The quantitative estimate of drug-likeness (QED) is 0.545. The van der Waals surface area contributed by atoms with Crippen LogP contribution in [0, 0.1) is 5.92 Å². The summed E-state index contributed by atoms with van der Waals surface area (Å²) < 4.78 is 0. The Balaban J connectivity index is 1.36. The SMILES string of the molecule is C/C(=N\NC(=O)[C@H]1C[C@@H]1c1ccc(C(C)(C)C)cc1)c1ccc2c(c1)CCCC2. The number of carbonyl (C=O) groups excluding carboxylic acids is 1. The molecule has 3 heteroatoms. The van der Waals surface area contributed by atoms with Gasteiger partial charge in [0.25, 0.3) is 0 Å². The maximum Gasteiger partial charge on any atom is 0.243 e. The Morgan fingerprint density at radius 2 is 1.69 bits per heavy atom. The second-order valence-electron chi connectivity index (χ2n) is 9.68. The van der Waals surface area contributed by atoms with Crippen LogP contribution in [-0.4, -0.2) is 11.6 Å². The van der Waals surface area contributed by atoms with E-state index < -0.39 is 0 Å². The molecule has 3 nitrogen and oxygen atoms in total. The zero-order valence-electron chi connectivity index (χ0n) is 18.1. The molecule has 0 aromatic heterocycles. The van der Waals surface area contributed by atoms with E-state index in [4.69, 9.17) is 0 Å². The second-order valence-corrected chi connectivity index (χ2v) is 9.68. The Labute approximate surface area is 174 Å². The minimum absolute atomic E-state index is 0.0345. The van der Waals surface area contributed by atoms with Crippen LogP contribution in [0.25, 0.3) is 0 Å². The molecule has 0 bridgehead atoms. The van der Waals surface area contributed by atoms with Crippen molar-refractivity contribution in [2.75, 3.05) is 0 Å². The van der Waals surface area contributed by atoms with Gasteiger partial charge in [0, 0.05) is 5.92 Å². The lowest BCUT2D eigenvalue weighted by molar-refractivity contribution is -0.122. The molecule has 2 aromatic rings. The van der Waals surface area contributed by atoms with Gasteiger partial charge in [-0.3, -0.25) is 4.79 Å². The maximum atomic E-state index is 12.6. The van der Waals surface area contributed by atoms with Gasteiger partial charge in [0.05, 0.1) is 5.71 Å². The first-order valence-corrected chi connectivity index (χ1v) is 10.9. The summed E-state index contributed by atoms with van der Waals surface area (Å²) in [7, 11) is 0. The first-order chi connectivity index (χ1) is 13.8. The number of hydrogen-bond donors (Lipinski definition) is 1. The minimum atomic E-state index is 0.0345. The first kappa shape index (κ1) is 19.9. The Hall–Kier alpha value is -2.42. The van der Waals surface area contributed by atoms with Crippen molar-refractivity contribution < 1.29 is 4.79 Å². The molecule has 1 amide bonds. The van der Waals surface area contributed by atoms with Crippen LogP contribution in [0.4, 0.5) is 0 Å². The normalized spacial score (nSPS) is 21.4. The number of carbonyl (C=O) groups is 1. The molecule has 0 saturated heterocycles. The van der Waals surface area contributed by atoms with E-state index in [1.165, 1.54) is 41.5 Å². The highest BCUT2D eigenvalue weighted by Gasteiger charge is 2.44. The van der Waals surface area contributed by atoms with Crippen molar-refractivity contribution in [3.05, 3.63) is 70.3 Å². The van der Waals surface area contributed by atoms with E-state index in [9.17, 15) is 4.79 Å². The van der Waals surface area contributed by atoms with Gasteiger partial charge in [-0.15, -0.1) is 0 Å². The van der Waals surface area contributed by atoms with Crippen molar-refractivity contribution in [1.82, 2.24) is 5.43 Å². The van der Waals surface area contributed by atoms with Gasteiger partial charge in [0.2, 0.25) is 5.91 Å². The molecule has 2 atom stereocenters. The second kappa shape index (κ2) is 7.78. The van der Waals surface area contributed by atoms with Gasteiger partial charge >= 0.3 is 0 Å². The van der Waals surface area contributed by atoms with Gasteiger partial charge in [-0.2, -0.15) is 5.10 Å². The molecule has 152 valence electrons. The number of rotatable bonds is 4. The summed E-state index contributed by atoms with van der Waals surface area (Å²) in [6.45, 7) is 8.63. The summed E-state index contributed by atoms with van der Waals surface area (Å²) in [5.41, 5.74) is 10.4. The van der Waals surface area contributed by atoms with Crippen molar-refractivity contribution >= 4 is 11.6 Å². The van der Waals surface area contributed by atoms with E-state index in [2.05, 4.69) is 73.8 Å². The number of amides is 1. The third kappa shape index (κ3) is 4.44. The van der Waals surface area contributed by atoms with Crippen LogP contribution in [0.1, 0.15) is 80.7 Å². The Morgan fingerprint density at radius 1 is 1.00 bits per heavy atom. The molecule has 0 aliphatic heterocycles. The summed E-state index contributed by atoms with van der Waals surface area (Å²) in [6.07, 6.45) is 5.80. The molecule has 2 aliphatic carbocycles. The lowest BCUT2D eigenvalue weighted by Crippen LogP contribution is -2.21. The molecule has 29 heavy (non-hydrogen) atoms. The highest BCUT2D eigenvalue weighted by atomic mass is 16.2. The maximum absolute atomic E-state index is 12.6. The van der Waals surface area contributed by atoms with Crippen LogP contribution in [0.5, 0.6) is 0 Å². The van der Waals surface area contributed by atoms with Gasteiger partial charge in [-0.05, 0) is 84.2 Å². The van der Waals surface area contributed by atoms with Crippen molar-refractivity contribution in [3.8, 4) is 0 Å². The number of nitrogens with zero attached hydrogens (tertiary/aromatic N) is 1. The topological polar surface area (TPSA) is 41.5 Å². The average molecular weight is 389 g/mol. The summed E-state index contributed by atoms with van der Waals surface area (Å²) in [5, 5.41) is 4.40. The number of fused-ring (bicyclic) bond motifs is 1. The van der Waals surface area contributed by atoms with Gasteiger partial charge in [0.1, 0.15) is 0 Å². The van der Waals surface area contributed by atoms with Gasteiger partial charge in [0.15, 0.2) is 0 Å². The van der Waals surface area contributed by atoms with Crippen molar-refractivity contribution in [1.29, 1.82) is 0 Å². The predicted molar refractivity (Wildman–Crippen MR) is 119 cm³/mol. The van der Waals surface area contributed by atoms with E-state index >= 15 is 0 Å². The molecule has 0 spiro atoms. The molecule has 1 saturated carbocycles. The smallest absolute Gasteiger partial charge is 0.243 e. The molecule has 1 N–H and O–H groups in total. The third-order valence-corrected chi connectivity index (χ3v) is 6.43. The molecule has 2 aliphatic rings. The van der Waals surface area contributed by atoms with Crippen molar-refractivity contribution in [3.63, 3.8) is 0 Å². The van der Waals surface area contributed by atoms with Crippen LogP contribution in [-0.2, 0) is 23.1 Å². The minimum Gasteiger partial charge on any atom is -0.273 e. The number of hydrogen-bond acceptors (Lipinski definition) is 2. The third-order valence-electron chi connectivity index (χ3n) is 6.43. The lowest BCUT2D eigenvalue weighted by atomic mass is 9.86. The van der Waals surface area contributed by atoms with Crippen LogP contribution >= 0.6 is 0 Å². The number of benzene rings is 2. The van der Waals surface area contributed by atoms with Crippen LogP contribution in [0.3, 0.4) is 0 Å². The van der Waals surface area contributed by atoms with E-state index in [1.807, 2.05) is 6.92 Å². The standard InChI is InChI=1S/C26H32N2O/c1-17(20-10-9-18-7-5-6-8-21(18)15-20)27-28-25(29)24-16-23(24)19-11-13-22(14-12-19)26(2,3)4/h9-15,23-24H,5-8,16H2,1-4H3,(H,28,29)/b27-17+/t23-,24+/m1/s1. The van der Waals surface area contributed by atoms with Crippen LogP contribution < -0.4 is 5.43 Å². The summed E-state index contributed by atoms with van der Waals surface area (Å²) in [4.78, 5) is 12.6. The monoisotopic (exact) mass is 388 g/mol. The van der Waals surface area contributed by atoms with Crippen molar-refractivity contribution in [2.24, 2.45) is 11.0 Å². The molecular formula is C26H32N2O. The fourth-order valence-corrected chi connectivity index (χ4v) is 4.33. The van der Waals surface area contributed by atoms with Gasteiger partial charge in [-0.1, -0.05) is 57.2 Å². The average Bonchev–Trinajstić information content (AvgIpc) is 3.52. The summed E-state index contributed by atoms with van der Waals surface area (Å²) >= 11 is 0. The number of aryl methyl sites for hydroxylation is 2. The summed E-state index contributed by atoms with van der Waals surface area (Å²) in [5.74, 6) is 0.394.